The van der Waals surface area contributed by atoms with Gasteiger partial charge in [0.1, 0.15) is 0 Å². The number of amides is 3. The third-order valence-electron chi connectivity index (χ3n) is 11.1. The van der Waals surface area contributed by atoms with E-state index in [4.69, 9.17) is 16.3 Å². The van der Waals surface area contributed by atoms with Gasteiger partial charge in [-0.2, -0.15) is 0 Å². The molecule has 50 heavy (non-hydrogen) atoms. The molecular formula is C38H44ClFN4O5Si. The Labute approximate surface area is 298 Å². The number of fused-ring (bicyclic) bond motifs is 3. The number of carbonyl (C=O) groups excluding carboxylic acids is 3. The maximum Gasteiger partial charge on any atom is 0.264 e. The van der Waals surface area contributed by atoms with Crippen LogP contribution in [0, 0.1) is 5.92 Å². The highest BCUT2D eigenvalue weighted by Gasteiger charge is 2.67. The highest BCUT2D eigenvalue weighted by Crippen LogP contribution is 2.60. The highest BCUT2D eigenvalue weighted by molar-refractivity contribution is 6.72. The van der Waals surface area contributed by atoms with Crippen molar-refractivity contribution in [1.82, 2.24) is 10.2 Å². The van der Waals surface area contributed by atoms with E-state index in [1.165, 1.54) is 0 Å². The fourth-order valence-electron chi connectivity index (χ4n) is 8.78. The number of ether oxygens (including phenoxy) is 1. The Morgan fingerprint density at radius 2 is 1.90 bits per heavy atom. The van der Waals surface area contributed by atoms with Crippen LogP contribution in [-0.4, -0.2) is 67.5 Å². The minimum atomic E-state index is -3.53. The van der Waals surface area contributed by atoms with Gasteiger partial charge in [0.2, 0.25) is 20.2 Å². The average molecular weight is 719 g/mol. The van der Waals surface area contributed by atoms with Crippen LogP contribution >= 0.6 is 11.6 Å². The molecule has 6 atom stereocenters. The van der Waals surface area contributed by atoms with Crippen LogP contribution in [-0.2, 0) is 44.2 Å². The maximum absolute atomic E-state index is 16.5. The highest BCUT2D eigenvalue weighted by atomic mass is 35.5. The van der Waals surface area contributed by atoms with Gasteiger partial charge in [-0.3, -0.25) is 14.4 Å². The Hall–Kier alpha value is -3.61. The molecule has 1 spiro atoms. The first-order valence-electron chi connectivity index (χ1n) is 17.5. The largest absolute Gasteiger partial charge is 0.394 e. The number of nitrogens with one attached hydrogen (secondary N) is 2. The molecule has 7 rings (SSSR count). The fraction of sp³-hybridized carbons (Fsp3) is 0.447. The van der Waals surface area contributed by atoms with Gasteiger partial charge in [0.25, 0.3) is 5.91 Å². The average Bonchev–Trinajstić information content (AvgIpc) is 3.78. The van der Waals surface area contributed by atoms with E-state index in [0.29, 0.717) is 34.9 Å². The topological polar surface area (TPSA) is 111 Å². The summed E-state index contributed by atoms with van der Waals surface area (Å²) in [6.45, 7) is 6.23. The van der Waals surface area contributed by atoms with Crippen molar-refractivity contribution in [1.29, 1.82) is 0 Å². The van der Waals surface area contributed by atoms with Crippen molar-refractivity contribution < 1.29 is 28.3 Å². The number of aliphatic hydroxyl groups is 1. The molecule has 3 amide bonds. The van der Waals surface area contributed by atoms with Crippen molar-refractivity contribution in [3.63, 3.8) is 0 Å². The number of hydrogen-bond donors (Lipinski definition) is 3. The summed E-state index contributed by atoms with van der Waals surface area (Å²) in [6, 6.07) is 19.9. The van der Waals surface area contributed by atoms with Gasteiger partial charge in [0, 0.05) is 34.3 Å². The summed E-state index contributed by atoms with van der Waals surface area (Å²) in [5, 5.41) is 16.9. The number of halogens is 2. The van der Waals surface area contributed by atoms with Crippen LogP contribution in [0.15, 0.2) is 66.7 Å². The van der Waals surface area contributed by atoms with E-state index in [-0.39, 0.29) is 43.3 Å². The first kappa shape index (κ1) is 34.8. The Morgan fingerprint density at radius 1 is 1.12 bits per heavy atom. The molecule has 4 aliphatic rings. The Balaban J connectivity index is 1.18. The van der Waals surface area contributed by atoms with Crippen molar-refractivity contribution in [3.05, 3.63) is 94.0 Å². The normalized spacial score (nSPS) is 27.5. The summed E-state index contributed by atoms with van der Waals surface area (Å²) in [7, 11) is -3.53. The van der Waals surface area contributed by atoms with Crippen molar-refractivity contribution in [2.24, 2.45) is 5.92 Å². The van der Waals surface area contributed by atoms with Crippen LogP contribution in [0.25, 0.3) is 0 Å². The van der Waals surface area contributed by atoms with Crippen molar-refractivity contribution in [3.8, 4) is 0 Å². The molecule has 9 nitrogen and oxygen atoms in total. The molecule has 0 radical (unpaired) electrons. The molecule has 4 heterocycles. The molecule has 0 bridgehead atoms. The summed E-state index contributed by atoms with van der Waals surface area (Å²) in [4.78, 5) is 45.0. The second kappa shape index (κ2) is 13.5. The minimum absolute atomic E-state index is 0.0901. The number of anilines is 2. The van der Waals surface area contributed by atoms with E-state index >= 15 is 4.11 Å². The third-order valence-corrected chi connectivity index (χ3v) is 13.8. The monoisotopic (exact) mass is 718 g/mol. The number of hydrogen-bond acceptors (Lipinski definition) is 6. The summed E-state index contributed by atoms with van der Waals surface area (Å²) < 4.78 is 23.3. The van der Waals surface area contributed by atoms with E-state index < -0.39 is 37.6 Å². The second-order valence-electron chi connectivity index (χ2n) is 14.7. The van der Waals surface area contributed by atoms with Crippen LogP contribution in [0.3, 0.4) is 0 Å². The van der Waals surface area contributed by atoms with Gasteiger partial charge in [-0.15, -0.1) is 0 Å². The van der Waals surface area contributed by atoms with Gasteiger partial charge in [-0.25, -0.2) is 0 Å². The standard InChI is InChI=1S/C38H44ClFN4O5Si/c1-23-35(50(2,3)40)33(19-34(46)43-21-26-10-5-4-9-25(26)17-29(43)22-45)49-38(23)30-18-27(39)13-14-32(30)44(37(38)48)20-24-8-6-11-28(16-24)42-36(47)31-12-7-15-41-31/h4-6,8-11,13-14,16,18,23,29,31,33,35,41,45H,7,12,15,17,19-22H2,1-3H3,(H,42,47)/t23-,29+,31-,33+,35-,38+/m1/s1. The van der Waals surface area contributed by atoms with Gasteiger partial charge in [0.15, 0.2) is 5.60 Å². The van der Waals surface area contributed by atoms with Gasteiger partial charge in [-0.05, 0) is 85.9 Å². The van der Waals surface area contributed by atoms with Crippen LogP contribution in [0.1, 0.15) is 48.4 Å². The lowest BCUT2D eigenvalue weighted by Crippen LogP contribution is -2.48. The van der Waals surface area contributed by atoms with E-state index in [2.05, 4.69) is 10.6 Å². The molecule has 12 heteroatoms. The lowest BCUT2D eigenvalue weighted by atomic mass is 9.82. The molecule has 0 saturated carbocycles. The van der Waals surface area contributed by atoms with Crippen molar-refractivity contribution in [2.45, 2.75) is 88.1 Å². The SMILES string of the molecule is C[C@@H]1[C@@H]([Si](C)(C)F)[C@H](CC(=O)N2Cc3ccccc3C[C@H]2CO)O[C@@]12C(=O)N(Cc1cccc(NC(=O)[C@H]3CCCN3)c1)c1ccc(Cl)cc12. The first-order chi connectivity index (χ1) is 23.9. The zero-order valence-corrected chi connectivity index (χ0v) is 30.4. The Morgan fingerprint density at radius 3 is 2.62 bits per heavy atom. The second-order valence-corrected chi connectivity index (χ2v) is 18.9. The predicted octanol–water partition coefficient (Wildman–Crippen LogP) is 5.69. The molecule has 2 fully saturated rings. The quantitative estimate of drug-likeness (QED) is 0.204. The van der Waals surface area contributed by atoms with Crippen LogP contribution in [0.5, 0.6) is 0 Å². The minimum Gasteiger partial charge on any atom is -0.394 e. The zero-order chi connectivity index (χ0) is 35.4. The molecule has 0 aromatic heterocycles. The lowest BCUT2D eigenvalue weighted by Gasteiger charge is -2.37. The molecule has 2 saturated heterocycles. The molecule has 264 valence electrons. The molecule has 3 N–H and O–H groups in total. The summed E-state index contributed by atoms with van der Waals surface area (Å²) >= 11 is 6.55. The third kappa shape index (κ3) is 6.17. The number of benzene rings is 3. The number of nitrogens with zero attached hydrogens (tertiary/aromatic N) is 2. The van der Waals surface area contributed by atoms with Crippen molar-refractivity contribution in [2.75, 3.05) is 23.4 Å². The fourth-order valence-corrected chi connectivity index (χ4v) is 11.4. The summed E-state index contributed by atoms with van der Waals surface area (Å²) in [5.41, 5.74) is 2.51. The molecule has 3 aromatic carbocycles. The molecule has 3 aromatic rings. The van der Waals surface area contributed by atoms with Crippen molar-refractivity contribution >= 4 is 49.1 Å². The molecule has 4 aliphatic heterocycles. The molecule has 0 aliphatic carbocycles. The zero-order valence-electron chi connectivity index (χ0n) is 28.6. The maximum atomic E-state index is 16.5. The summed E-state index contributed by atoms with van der Waals surface area (Å²) in [6.07, 6.45) is 1.29. The predicted molar refractivity (Wildman–Crippen MR) is 193 cm³/mol. The van der Waals surface area contributed by atoms with E-state index in [9.17, 15) is 19.5 Å². The van der Waals surface area contributed by atoms with Crippen LogP contribution < -0.4 is 15.5 Å². The summed E-state index contributed by atoms with van der Waals surface area (Å²) in [5.74, 6) is -1.25. The van der Waals surface area contributed by atoms with Crippen LogP contribution in [0.2, 0.25) is 23.7 Å². The number of rotatable bonds is 8. The number of carbonyl (C=O) groups is 3. The van der Waals surface area contributed by atoms with Crippen LogP contribution in [0.4, 0.5) is 15.5 Å². The van der Waals surface area contributed by atoms with E-state index in [1.807, 2.05) is 55.5 Å². The Bertz CT molecular complexity index is 1820. The van der Waals surface area contributed by atoms with Gasteiger partial charge < -0.3 is 34.4 Å². The lowest BCUT2D eigenvalue weighted by molar-refractivity contribution is -0.151. The van der Waals surface area contributed by atoms with Gasteiger partial charge in [-0.1, -0.05) is 54.9 Å². The van der Waals surface area contributed by atoms with E-state index in [1.54, 1.807) is 41.1 Å². The first-order valence-corrected chi connectivity index (χ1v) is 20.8. The molecular weight excluding hydrogens is 675 g/mol. The Kier molecular flexibility index (Phi) is 9.40. The number of aliphatic hydroxyl groups excluding tert-OH is 1. The van der Waals surface area contributed by atoms with E-state index in [0.717, 1.165) is 36.1 Å². The van der Waals surface area contributed by atoms with Gasteiger partial charge in [0.05, 0.1) is 43.4 Å². The smallest absolute Gasteiger partial charge is 0.264 e. The van der Waals surface area contributed by atoms with Gasteiger partial charge >= 0.3 is 0 Å². The molecule has 0 unspecified atom stereocenters.